The highest BCUT2D eigenvalue weighted by Gasteiger charge is 1.96. The zero-order valence-electron chi connectivity index (χ0n) is 6.67. The van der Waals surface area contributed by atoms with Gasteiger partial charge in [-0.25, -0.2) is 0 Å². The minimum absolute atomic E-state index is 1.06. The molecule has 0 aromatic heterocycles. The molecule has 0 radical (unpaired) electrons. The van der Waals surface area contributed by atoms with Crippen molar-refractivity contribution in [2.75, 3.05) is 5.09 Å². The van der Waals surface area contributed by atoms with Crippen LogP contribution in [-0.2, 0) is 0 Å². The average molecular weight is 195 g/mol. The molecule has 12 heavy (non-hydrogen) atoms. The summed E-state index contributed by atoms with van der Waals surface area (Å²) in [6, 6.07) is 6.08. The molecule has 1 unspecified atom stereocenters. The van der Waals surface area contributed by atoms with Crippen LogP contribution in [0, 0.1) is 0 Å². The van der Waals surface area contributed by atoms with E-state index in [4.69, 9.17) is 0 Å². The second kappa shape index (κ2) is 4.40. The van der Waals surface area contributed by atoms with E-state index < -0.39 is 0 Å². The molecule has 0 aliphatic heterocycles. The number of anilines is 1. The lowest BCUT2D eigenvalue weighted by atomic mass is 10.1. The first-order valence-corrected chi connectivity index (χ1v) is 4.71. The maximum absolute atomic E-state index is 3.70. The third-order valence-corrected chi connectivity index (χ3v) is 2.25. The molecule has 0 saturated heterocycles. The Kier molecular flexibility index (Phi) is 3.47. The van der Waals surface area contributed by atoms with E-state index in [-0.39, 0.29) is 0 Å². The van der Waals surface area contributed by atoms with Gasteiger partial charge >= 0.3 is 0 Å². The van der Waals surface area contributed by atoms with Gasteiger partial charge in [-0.05, 0) is 26.8 Å². The molecule has 1 nitrogen and oxygen atoms in total. The second-order valence-corrected chi connectivity index (χ2v) is 2.92. The lowest BCUT2D eigenvalue weighted by Crippen LogP contribution is -1.88. The van der Waals surface area contributed by atoms with Gasteiger partial charge in [-0.2, -0.15) is 0 Å². The number of benzene rings is 1. The third-order valence-electron chi connectivity index (χ3n) is 1.62. The molecule has 3 heteroatoms. The Balaban J connectivity index is 3.18. The van der Waals surface area contributed by atoms with Crippen molar-refractivity contribution in [1.82, 2.24) is 0 Å². The van der Waals surface area contributed by atoms with Crippen molar-refractivity contribution in [3.8, 4) is 0 Å². The van der Waals surface area contributed by atoms with Crippen molar-refractivity contribution >= 4 is 35.8 Å². The molecular formula is C9H11NP2. The van der Waals surface area contributed by atoms with E-state index in [1.807, 2.05) is 30.1 Å². The lowest BCUT2D eigenvalue weighted by molar-refractivity contribution is 1.63. The molecule has 0 saturated carbocycles. The van der Waals surface area contributed by atoms with Crippen molar-refractivity contribution in [2.45, 2.75) is 0 Å². The largest absolute Gasteiger partial charge is 0.369 e. The van der Waals surface area contributed by atoms with E-state index in [9.17, 15) is 0 Å². The minimum atomic E-state index is 1.06. The van der Waals surface area contributed by atoms with E-state index in [1.165, 1.54) is 0 Å². The van der Waals surface area contributed by atoms with Crippen LogP contribution in [0.25, 0.3) is 6.08 Å². The van der Waals surface area contributed by atoms with Gasteiger partial charge in [0.1, 0.15) is 0 Å². The zero-order valence-corrected chi connectivity index (χ0v) is 8.83. The molecule has 1 N–H and O–H groups in total. The number of hydrogen-bond donors (Lipinski definition) is 1. The Morgan fingerprint density at radius 2 is 2.25 bits per heavy atom. The first-order valence-electron chi connectivity index (χ1n) is 3.55. The van der Waals surface area contributed by atoms with Gasteiger partial charge in [0.2, 0.25) is 0 Å². The first-order chi connectivity index (χ1) is 5.81. The van der Waals surface area contributed by atoms with Crippen LogP contribution < -0.4 is 5.09 Å². The molecule has 0 aliphatic carbocycles. The summed E-state index contributed by atoms with van der Waals surface area (Å²) in [4.78, 5) is 0. The summed E-state index contributed by atoms with van der Waals surface area (Å²) < 4.78 is 0. The number of hydrogen-bond acceptors (Lipinski definition) is 1. The second-order valence-electron chi connectivity index (χ2n) is 2.34. The van der Waals surface area contributed by atoms with E-state index in [0.717, 1.165) is 16.8 Å². The van der Waals surface area contributed by atoms with Gasteiger partial charge in [-0.3, -0.25) is 0 Å². The molecule has 0 amide bonds. The maximum atomic E-state index is 3.70. The summed E-state index contributed by atoms with van der Waals surface area (Å²) in [5.74, 6) is 1.87. The smallest absolute Gasteiger partial charge is 0.0451 e. The normalized spacial score (nSPS) is 9.08. The molecule has 0 fully saturated rings. The van der Waals surface area contributed by atoms with Gasteiger partial charge in [-0.15, -0.1) is 8.86 Å². The lowest BCUT2D eigenvalue weighted by Gasteiger charge is -2.05. The van der Waals surface area contributed by atoms with E-state index in [1.54, 1.807) is 0 Å². The van der Waals surface area contributed by atoms with Crippen LogP contribution in [0.3, 0.4) is 0 Å². The zero-order chi connectivity index (χ0) is 8.97. The van der Waals surface area contributed by atoms with Crippen LogP contribution >= 0.6 is 18.3 Å². The molecule has 62 valence electrons. The van der Waals surface area contributed by atoms with E-state index in [2.05, 4.69) is 29.9 Å². The van der Waals surface area contributed by atoms with Crippen molar-refractivity contribution in [1.29, 1.82) is 0 Å². The molecule has 0 heterocycles. The van der Waals surface area contributed by atoms with Crippen molar-refractivity contribution < 1.29 is 0 Å². The fraction of sp³-hybridized carbons (Fsp3) is 0. The van der Waals surface area contributed by atoms with Crippen LogP contribution in [0.2, 0.25) is 0 Å². The quantitative estimate of drug-likeness (QED) is 0.731. The molecule has 0 bridgehead atoms. The van der Waals surface area contributed by atoms with Crippen molar-refractivity contribution in [3.63, 3.8) is 0 Å². The third kappa shape index (κ3) is 1.94. The Morgan fingerprint density at radius 1 is 1.50 bits per heavy atom. The van der Waals surface area contributed by atoms with Crippen molar-refractivity contribution in [2.24, 2.45) is 0 Å². The molecule has 1 atom stereocenters. The Labute approximate surface area is 77.4 Å². The Morgan fingerprint density at radius 3 is 2.75 bits per heavy atom. The van der Waals surface area contributed by atoms with Crippen LogP contribution in [0.5, 0.6) is 0 Å². The van der Waals surface area contributed by atoms with Gasteiger partial charge in [0.15, 0.2) is 0 Å². The summed E-state index contributed by atoms with van der Waals surface area (Å²) in [7, 11) is 5.82. The molecule has 1 aromatic carbocycles. The SMILES string of the molecule is C=Cc1ccc(C=P)c(NP)c1. The van der Waals surface area contributed by atoms with Crippen LogP contribution in [0.15, 0.2) is 24.8 Å². The van der Waals surface area contributed by atoms with Gasteiger partial charge in [0, 0.05) is 11.3 Å². The molecule has 0 spiro atoms. The monoisotopic (exact) mass is 195 g/mol. The van der Waals surface area contributed by atoms with E-state index in [0.29, 0.717) is 0 Å². The van der Waals surface area contributed by atoms with Crippen molar-refractivity contribution in [3.05, 3.63) is 35.9 Å². The first kappa shape index (κ1) is 9.45. The summed E-state index contributed by atoms with van der Waals surface area (Å²) >= 11 is 0. The van der Waals surface area contributed by atoms with Gasteiger partial charge in [0.05, 0.1) is 0 Å². The van der Waals surface area contributed by atoms with Gasteiger partial charge in [-0.1, -0.05) is 24.8 Å². The highest BCUT2D eigenvalue weighted by atomic mass is 31.0. The molecular weight excluding hydrogens is 184 g/mol. The Bertz CT molecular complexity index is 307. The highest BCUT2D eigenvalue weighted by Crippen LogP contribution is 2.18. The minimum Gasteiger partial charge on any atom is -0.369 e. The van der Waals surface area contributed by atoms with Gasteiger partial charge in [0.25, 0.3) is 0 Å². The highest BCUT2D eigenvalue weighted by molar-refractivity contribution is 7.19. The average Bonchev–Trinajstić information content (AvgIpc) is 2.16. The Hall–Kier alpha value is -0.640. The predicted molar refractivity (Wildman–Crippen MR) is 63.3 cm³/mol. The molecule has 0 aliphatic rings. The predicted octanol–water partition coefficient (Wildman–Crippen LogP) is 2.82. The fourth-order valence-corrected chi connectivity index (χ4v) is 1.45. The number of nitrogens with one attached hydrogen (secondary N) is 1. The van der Waals surface area contributed by atoms with Gasteiger partial charge < -0.3 is 5.09 Å². The summed E-state index contributed by atoms with van der Waals surface area (Å²) in [6.07, 6.45) is 1.82. The summed E-state index contributed by atoms with van der Waals surface area (Å²) in [5.41, 5.74) is 3.29. The maximum Gasteiger partial charge on any atom is 0.0451 e. The summed E-state index contributed by atoms with van der Waals surface area (Å²) in [6.45, 7) is 3.70. The number of rotatable bonds is 3. The topological polar surface area (TPSA) is 12.0 Å². The van der Waals surface area contributed by atoms with Crippen LogP contribution in [0.4, 0.5) is 5.69 Å². The molecule has 1 aromatic rings. The molecule has 1 rings (SSSR count). The van der Waals surface area contributed by atoms with Crippen LogP contribution in [0.1, 0.15) is 11.1 Å². The van der Waals surface area contributed by atoms with Crippen LogP contribution in [-0.4, -0.2) is 5.80 Å². The summed E-state index contributed by atoms with van der Waals surface area (Å²) in [5, 5.41) is 3.03. The fourth-order valence-electron chi connectivity index (χ4n) is 0.952. The van der Waals surface area contributed by atoms with E-state index >= 15 is 0 Å². The standard InChI is InChI=1S/C9H11NP2/c1-2-7-3-4-8(6-11)9(5-7)10-12/h2-6,10-11H,1,12H2.